The van der Waals surface area contributed by atoms with E-state index in [9.17, 15) is 4.79 Å². The Labute approximate surface area is 84.4 Å². The van der Waals surface area contributed by atoms with Crippen molar-refractivity contribution in [3.05, 3.63) is 12.2 Å². The molecule has 1 atom stereocenters. The van der Waals surface area contributed by atoms with Crippen molar-refractivity contribution in [2.24, 2.45) is 5.92 Å². The lowest BCUT2D eigenvalue weighted by Crippen LogP contribution is -2.34. The molecule has 1 aliphatic heterocycles. The molecule has 0 spiro atoms. The fourth-order valence-corrected chi connectivity index (χ4v) is 1.66. The summed E-state index contributed by atoms with van der Waals surface area (Å²) < 4.78 is 0. The van der Waals surface area contributed by atoms with Gasteiger partial charge in [-0.15, -0.1) is 12.3 Å². The predicted octanol–water partition coefficient (Wildman–Crippen LogP) is 0.972. The molecule has 1 unspecified atom stereocenters. The third-order valence-electron chi connectivity index (χ3n) is 2.37. The van der Waals surface area contributed by atoms with E-state index in [2.05, 4.69) is 10.8 Å². The van der Waals surface area contributed by atoms with E-state index in [-0.39, 0.29) is 0 Å². The first kappa shape index (κ1) is 10.8. The van der Waals surface area contributed by atoms with E-state index in [1.165, 1.54) is 6.08 Å². The number of likely N-dealkylation sites (tertiary alicyclic amines) is 1. The first-order valence-electron chi connectivity index (χ1n) is 4.80. The van der Waals surface area contributed by atoms with Crippen molar-refractivity contribution in [2.75, 3.05) is 19.6 Å². The molecule has 0 radical (unpaired) electrons. The number of carboxylic acid groups (broad SMARTS) is 1. The molecule has 0 aromatic rings. The van der Waals surface area contributed by atoms with Crippen LogP contribution in [-0.2, 0) is 4.79 Å². The molecule has 3 heteroatoms. The molecule has 0 saturated carbocycles. The van der Waals surface area contributed by atoms with Crippen molar-refractivity contribution < 1.29 is 9.90 Å². The minimum absolute atomic E-state index is 0.335. The lowest BCUT2D eigenvalue weighted by molar-refractivity contribution is -0.131. The minimum atomic E-state index is -0.893. The van der Waals surface area contributed by atoms with Gasteiger partial charge in [-0.2, -0.15) is 0 Å². The highest BCUT2D eigenvalue weighted by atomic mass is 16.4. The fourth-order valence-electron chi connectivity index (χ4n) is 1.66. The Balaban J connectivity index is 2.31. The Morgan fingerprint density at radius 1 is 1.71 bits per heavy atom. The van der Waals surface area contributed by atoms with Crippen LogP contribution in [-0.4, -0.2) is 35.6 Å². The van der Waals surface area contributed by atoms with Crippen molar-refractivity contribution in [3.8, 4) is 12.3 Å². The van der Waals surface area contributed by atoms with Gasteiger partial charge in [-0.1, -0.05) is 6.08 Å². The van der Waals surface area contributed by atoms with Gasteiger partial charge in [-0.3, -0.25) is 4.90 Å². The molecule has 0 amide bonds. The first-order chi connectivity index (χ1) is 6.72. The van der Waals surface area contributed by atoms with Gasteiger partial charge < -0.3 is 5.11 Å². The van der Waals surface area contributed by atoms with Crippen LogP contribution in [0.5, 0.6) is 0 Å². The Bertz CT molecular complexity index is 265. The average Bonchev–Trinajstić information content (AvgIpc) is 2.18. The second-order valence-electron chi connectivity index (χ2n) is 3.51. The van der Waals surface area contributed by atoms with E-state index < -0.39 is 5.97 Å². The minimum Gasteiger partial charge on any atom is -0.478 e. The summed E-state index contributed by atoms with van der Waals surface area (Å²) in [7, 11) is 0. The van der Waals surface area contributed by atoms with Gasteiger partial charge >= 0.3 is 5.97 Å². The molecule has 1 aliphatic rings. The quantitative estimate of drug-likeness (QED) is 0.536. The van der Waals surface area contributed by atoms with Gasteiger partial charge in [0.1, 0.15) is 0 Å². The van der Waals surface area contributed by atoms with Gasteiger partial charge in [0.15, 0.2) is 0 Å². The number of aliphatic carboxylic acids is 1. The van der Waals surface area contributed by atoms with Crippen molar-refractivity contribution in [1.29, 1.82) is 0 Å². The SMILES string of the molecule is C#CC1CCCN(CC=CC(=O)O)C1. The topological polar surface area (TPSA) is 40.5 Å². The van der Waals surface area contributed by atoms with Crippen LogP contribution in [0.1, 0.15) is 12.8 Å². The Kier molecular flexibility index (Phi) is 4.21. The monoisotopic (exact) mass is 193 g/mol. The summed E-state index contributed by atoms with van der Waals surface area (Å²) in [5.41, 5.74) is 0. The molecule has 1 fully saturated rings. The highest BCUT2D eigenvalue weighted by molar-refractivity contribution is 5.79. The fraction of sp³-hybridized carbons (Fsp3) is 0.545. The van der Waals surface area contributed by atoms with Crippen LogP contribution in [0.25, 0.3) is 0 Å². The van der Waals surface area contributed by atoms with E-state index in [0.29, 0.717) is 12.5 Å². The van der Waals surface area contributed by atoms with E-state index in [1.54, 1.807) is 6.08 Å². The smallest absolute Gasteiger partial charge is 0.328 e. The normalized spacial score (nSPS) is 23.5. The molecule has 1 N–H and O–H groups in total. The maximum atomic E-state index is 10.2. The highest BCUT2D eigenvalue weighted by Gasteiger charge is 2.16. The second-order valence-corrected chi connectivity index (χ2v) is 3.51. The molecule has 14 heavy (non-hydrogen) atoms. The average molecular weight is 193 g/mol. The lowest BCUT2D eigenvalue weighted by Gasteiger charge is -2.29. The van der Waals surface area contributed by atoms with Gasteiger partial charge in [0, 0.05) is 25.1 Å². The lowest BCUT2D eigenvalue weighted by atomic mass is 9.99. The van der Waals surface area contributed by atoms with Crippen molar-refractivity contribution in [1.82, 2.24) is 4.90 Å². The highest BCUT2D eigenvalue weighted by Crippen LogP contribution is 2.14. The largest absolute Gasteiger partial charge is 0.478 e. The molecule has 1 saturated heterocycles. The molecule has 3 nitrogen and oxygen atoms in total. The van der Waals surface area contributed by atoms with Gasteiger partial charge in [-0.05, 0) is 19.4 Å². The Morgan fingerprint density at radius 3 is 3.14 bits per heavy atom. The zero-order valence-electron chi connectivity index (χ0n) is 8.15. The molecule has 0 aromatic heterocycles. The second kappa shape index (κ2) is 5.46. The van der Waals surface area contributed by atoms with Crippen molar-refractivity contribution in [2.45, 2.75) is 12.8 Å². The molecule has 0 aliphatic carbocycles. The summed E-state index contributed by atoms with van der Waals surface area (Å²) >= 11 is 0. The number of carboxylic acids is 1. The summed E-state index contributed by atoms with van der Waals surface area (Å²) in [6, 6.07) is 0. The summed E-state index contributed by atoms with van der Waals surface area (Å²) in [5, 5.41) is 8.40. The summed E-state index contributed by atoms with van der Waals surface area (Å²) in [6.45, 7) is 2.59. The van der Waals surface area contributed by atoms with Crippen LogP contribution >= 0.6 is 0 Å². The Morgan fingerprint density at radius 2 is 2.50 bits per heavy atom. The molecule has 0 bridgehead atoms. The van der Waals surface area contributed by atoms with Crippen LogP contribution in [0.2, 0.25) is 0 Å². The number of hydrogen-bond donors (Lipinski definition) is 1. The zero-order chi connectivity index (χ0) is 10.4. The van der Waals surface area contributed by atoms with Crippen LogP contribution < -0.4 is 0 Å². The number of terminal acetylenes is 1. The van der Waals surface area contributed by atoms with Crippen LogP contribution in [0.3, 0.4) is 0 Å². The molecular weight excluding hydrogens is 178 g/mol. The molecule has 1 rings (SSSR count). The van der Waals surface area contributed by atoms with Crippen LogP contribution in [0.15, 0.2) is 12.2 Å². The van der Waals surface area contributed by atoms with E-state index in [1.807, 2.05) is 0 Å². The molecule has 1 heterocycles. The third kappa shape index (κ3) is 3.63. The maximum Gasteiger partial charge on any atom is 0.328 e. The van der Waals surface area contributed by atoms with E-state index in [0.717, 1.165) is 25.9 Å². The van der Waals surface area contributed by atoms with Gasteiger partial charge in [-0.25, -0.2) is 4.79 Å². The van der Waals surface area contributed by atoms with Crippen molar-refractivity contribution >= 4 is 5.97 Å². The third-order valence-corrected chi connectivity index (χ3v) is 2.37. The number of carbonyl (C=O) groups is 1. The standard InChI is InChI=1S/C11H15NO2/c1-2-10-5-3-7-12(9-10)8-4-6-11(13)14/h1,4,6,10H,3,5,7-9H2,(H,13,14). The molecule has 76 valence electrons. The van der Waals surface area contributed by atoms with Crippen LogP contribution in [0, 0.1) is 18.3 Å². The summed E-state index contributed by atoms with van der Waals surface area (Å²) in [4.78, 5) is 12.4. The van der Waals surface area contributed by atoms with Crippen LogP contribution in [0.4, 0.5) is 0 Å². The molecular formula is C11H15NO2. The van der Waals surface area contributed by atoms with E-state index in [4.69, 9.17) is 11.5 Å². The summed E-state index contributed by atoms with van der Waals surface area (Å²) in [6.07, 6.45) is 10.4. The number of piperidine rings is 1. The van der Waals surface area contributed by atoms with Gasteiger partial charge in [0.25, 0.3) is 0 Å². The Hall–Kier alpha value is -1.27. The zero-order valence-corrected chi connectivity index (χ0v) is 8.15. The predicted molar refractivity (Wildman–Crippen MR) is 54.8 cm³/mol. The molecule has 0 aromatic carbocycles. The van der Waals surface area contributed by atoms with E-state index >= 15 is 0 Å². The van der Waals surface area contributed by atoms with Gasteiger partial charge in [0.2, 0.25) is 0 Å². The maximum absolute atomic E-state index is 10.2. The summed E-state index contributed by atoms with van der Waals surface area (Å²) in [5.74, 6) is 2.19. The number of nitrogens with zero attached hydrogens (tertiary/aromatic N) is 1. The van der Waals surface area contributed by atoms with Gasteiger partial charge in [0.05, 0.1) is 0 Å². The number of hydrogen-bond acceptors (Lipinski definition) is 2. The first-order valence-corrected chi connectivity index (χ1v) is 4.80. The number of rotatable bonds is 3. The van der Waals surface area contributed by atoms with Crippen molar-refractivity contribution in [3.63, 3.8) is 0 Å².